The molecule has 2 heterocycles. The Hall–Kier alpha value is -4.48. The molecule has 3 aromatic carbocycles. The molecule has 0 saturated heterocycles. The quantitative estimate of drug-likeness (QED) is 0.262. The number of carboxylic acid groups (broad SMARTS) is 1. The molecule has 0 spiro atoms. The minimum absolute atomic E-state index is 0.0561. The predicted octanol–water partition coefficient (Wildman–Crippen LogP) is 3.38. The maximum atomic E-state index is 14.4. The lowest BCUT2D eigenvalue weighted by Crippen LogP contribution is -2.33. The van der Waals surface area contributed by atoms with Gasteiger partial charge in [-0.1, -0.05) is 30.3 Å². The van der Waals surface area contributed by atoms with Gasteiger partial charge in [0.15, 0.2) is 11.6 Å². The fraction of sp³-hybridized carbons (Fsp3) is 0.241. The third kappa shape index (κ3) is 5.47. The average Bonchev–Trinajstić information content (AvgIpc) is 3.37. The Bertz CT molecular complexity index is 1600. The van der Waals surface area contributed by atoms with Crippen molar-refractivity contribution < 1.29 is 23.5 Å². The number of fused-ring (bicyclic) bond motifs is 2. The van der Waals surface area contributed by atoms with Gasteiger partial charge in [-0.25, -0.2) is 18.7 Å². The maximum absolute atomic E-state index is 14.4. The lowest BCUT2D eigenvalue weighted by atomic mass is 9.92. The molecule has 0 aliphatic carbocycles. The first-order valence-corrected chi connectivity index (χ1v) is 12.8. The van der Waals surface area contributed by atoms with Crippen LogP contribution in [0.2, 0.25) is 0 Å². The molecule has 206 valence electrons. The van der Waals surface area contributed by atoms with E-state index >= 15 is 0 Å². The van der Waals surface area contributed by atoms with E-state index in [2.05, 4.69) is 9.97 Å². The number of rotatable bonds is 8. The second kappa shape index (κ2) is 10.9. The summed E-state index contributed by atoms with van der Waals surface area (Å²) in [4.78, 5) is 34.8. The van der Waals surface area contributed by atoms with E-state index in [-0.39, 0.29) is 36.8 Å². The molecule has 0 bridgehead atoms. The van der Waals surface area contributed by atoms with Crippen molar-refractivity contribution in [2.24, 2.45) is 11.5 Å². The number of carbonyl (C=O) groups excluding carboxylic acids is 1. The molecule has 11 heteroatoms. The number of amides is 1. The summed E-state index contributed by atoms with van der Waals surface area (Å²) in [6.45, 7) is 0.855. The van der Waals surface area contributed by atoms with Gasteiger partial charge in [0.25, 0.3) is 5.91 Å². The van der Waals surface area contributed by atoms with Gasteiger partial charge in [0.1, 0.15) is 11.7 Å². The standard InChI is InChI=1S/C29H28F2N6O3/c30-22-11-18(9-19(32)6-7-24(33)28(39)40)20(12-23(22)31)15-5-8-25-21(10-15)26(36-29(34)35-25)27(38)37-13-16-3-1-2-4-17(16)14-37/h1-5,8,10-12,19,24H,6-7,9,13-14,32-33H2,(H,39,40)(H2,34,35,36). The minimum Gasteiger partial charge on any atom is -0.480 e. The van der Waals surface area contributed by atoms with Crippen LogP contribution >= 0.6 is 0 Å². The SMILES string of the molecule is Nc1nc(C(=O)N2Cc3ccccc3C2)c2cc(-c3cc(F)c(F)cc3CC(N)CCC(N)C(=O)O)ccc2n1. The molecule has 40 heavy (non-hydrogen) atoms. The summed E-state index contributed by atoms with van der Waals surface area (Å²) in [7, 11) is 0. The number of hydrogen-bond acceptors (Lipinski definition) is 7. The summed E-state index contributed by atoms with van der Waals surface area (Å²) < 4.78 is 28.7. The Kier molecular flexibility index (Phi) is 7.42. The highest BCUT2D eigenvalue weighted by molar-refractivity contribution is 6.06. The molecule has 2 unspecified atom stereocenters. The number of aromatic nitrogens is 2. The number of aliphatic carboxylic acids is 1. The van der Waals surface area contributed by atoms with Gasteiger partial charge >= 0.3 is 5.97 Å². The van der Waals surface area contributed by atoms with Crippen molar-refractivity contribution in [2.45, 2.75) is 44.4 Å². The molecular formula is C29H28F2N6O3. The normalized spacial score (nSPS) is 14.2. The molecule has 0 radical (unpaired) electrons. The van der Waals surface area contributed by atoms with Crippen LogP contribution in [0.15, 0.2) is 54.6 Å². The Morgan fingerprint density at radius 1 is 0.950 bits per heavy atom. The number of carboxylic acids is 1. The van der Waals surface area contributed by atoms with Gasteiger partial charge in [0.05, 0.1) is 5.52 Å². The summed E-state index contributed by atoms with van der Waals surface area (Å²) in [6.07, 6.45) is 0.552. The molecular weight excluding hydrogens is 518 g/mol. The second-order valence-electron chi connectivity index (χ2n) is 10.0. The number of carbonyl (C=O) groups is 2. The summed E-state index contributed by atoms with van der Waals surface area (Å²) in [5.41, 5.74) is 21.7. The van der Waals surface area contributed by atoms with E-state index in [0.29, 0.717) is 40.7 Å². The summed E-state index contributed by atoms with van der Waals surface area (Å²) in [6, 6.07) is 13.3. The Morgan fingerprint density at radius 2 is 1.62 bits per heavy atom. The van der Waals surface area contributed by atoms with Crippen molar-refractivity contribution in [1.82, 2.24) is 14.9 Å². The van der Waals surface area contributed by atoms with Crippen molar-refractivity contribution in [3.8, 4) is 11.1 Å². The lowest BCUT2D eigenvalue weighted by Gasteiger charge is -2.18. The van der Waals surface area contributed by atoms with Crippen LogP contribution in [-0.4, -0.2) is 43.9 Å². The fourth-order valence-corrected chi connectivity index (χ4v) is 5.03. The largest absolute Gasteiger partial charge is 0.480 e. The van der Waals surface area contributed by atoms with Gasteiger partial charge < -0.3 is 27.2 Å². The van der Waals surface area contributed by atoms with Crippen LogP contribution in [0.1, 0.15) is 40.0 Å². The van der Waals surface area contributed by atoms with Gasteiger partial charge in [0.2, 0.25) is 5.95 Å². The molecule has 5 rings (SSSR count). The zero-order valence-corrected chi connectivity index (χ0v) is 21.5. The number of nitrogen functional groups attached to an aromatic ring is 1. The molecule has 4 aromatic rings. The van der Waals surface area contributed by atoms with E-state index in [9.17, 15) is 18.4 Å². The lowest BCUT2D eigenvalue weighted by molar-refractivity contribution is -0.138. The zero-order chi connectivity index (χ0) is 28.6. The van der Waals surface area contributed by atoms with Crippen LogP contribution in [0.4, 0.5) is 14.7 Å². The van der Waals surface area contributed by atoms with E-state index < -0.39 is 29.7 Å². The molecule has 1 aliphatic rings. The van der Waals surface area contributed by atoms with Crippen molar-refractivity contribution >= 4 is 28.7 Å². The molecule has 0 saturated carbocycles. The van der Waals surface area contributed by atoms with E-state index in [4.69, 9.17) is 22.3 Å². The van der Waals surface area contributed by atoms with Crippen molar-refractivity contribution in [3.05, 3.63) is 88.6 Å². The van der Waals surface area contributed by atoms with E-state index in [1.54, 1.807) is 23.1 Å². The number of halogens is 2. The van der Waals surface area contributed by atoms with Crippen LogP contribution in [0, 0.1) is 11.6 Å². The topological polar surface area (TPSA) is 161 Å². The van der Waals surface area contributed by atoms with Gasteiger partial charge in [-0.15, -0.1) is 0 Å². The first-order valence-electron chi connectivity index (χ1n) is 12.8. The van der Waals surface area contributed by atoms with Gasteiger partial charge in [-0.2, -0.15) is 0 Å². The molecule has 0 fully saturated rings. The van der Waals surface area contributed by atoms with E-state index in [0.717, 1.165) is 23.3 Å². The Morgan fingerprint density at radius 3 is 2.30 bits per heavy atom. The molecule has 1 amide bonds. The molecule has 7 N–H and O–H groups in total. The van der Waals surface area contributed by atoms with Crippen LogP contribution in [0.25, 0.3) is 22.0 Å². The van der Waals surface area contributed by atoms with Crippen LogP contribution in [0.5, 0.6) is 0 Å². The van der Waals surface area contributed by atoms with Gasteiger partial charge in [0, 0.05) is 24.5 Å². The summed E-state index contributed by atoms with van der Waals surface area (Å²) in [5.74, 6) is -3.59. The molecule has 2 atom stereocenters. The highest BCUT2D eigenvalue weighted by Crippen LogP contribution is 2.32. The Labute approximate surface area is 228 Å². The Balaban J connectivity index is 1.50. The first-order chi connectivity index (χ1) is 19.1. The average molecular weight is 547 g/mol. The first kappa shape index (κ1) is 27.1. The van der Waals surface area contributed by atoms with E-state index in [1.807, 2.05) is 24.3 Å². The van der Waals surface area contributed by atoms with Crippen molar-refractivity contribution in [3.63, 3.8) is 0 Å². The molecule has 1 aromatic heterocycles. The highest BCUT2D eigenvalue weighted by atomic mass is 19.2. The number of hydrogen-bond donors (Lipinski definition) is 4. The predicted molar refractivity (Wildman–Crippen MR) is 146 cm³/mol. The summed E-state index contributed by atoms with van der Waals surface area (Å²) >= 11 is 0. The van der Waals surface area contributed by atoms with Crippen molar-refractivity contribution in [1.29, 1.82) is 0 Å². The number of benzene rings is 3. The number of nitrogens with two attached hydrogens (primary N) is 3. The van der Waals surface area contributed by atoms with Crippen molar-refractivity contribution in [2.75, 3.05) is 5.73 Å². The minimum atomic E-state index is -1.14. The smallest absolute Gasteiger partial charge is 0.320 e. The number of anilines is 1. The van der Waals surface area contributed by atoms with E-state index in [1.165, 1.54) is 0 Å². The molecule has 9 nitrogen and oxygen atoms in total. The maximum Gasteiger partial charge on any atom is 0.320 e. The zero-order valence-electron chi connectivity index (χ0n) is 21.5. The third-order valence-corrected chi connectivity index (χ3v) is 7.15. The van der Waals surface area contributed by atoms with Crippen LogP contribution in [0.3, 0.4) is 0 Å². The third-order valence-electron chi connectivity index (χ3n) is 7.15. The monoisotopic (exact) mass is 546 g/mol. The van der Waals surface area contributed by atoms with Crippen LogP contribution < -0.4 is 17.2 Å². The number of nitrogens with zero attached hydrogens (tertiary/aromatic N) is 3. The van der Waals surface area contributed by atoms with Gasteiger partial charge in [-0.3, -0.25) is 9.59 Å². The second-order valence-corrected chi connectivity index (χ2v) is 10.0. The highest BCUT2D eigenvalue weighted by Gasteiger charge is 2.27. The molecule has 1 aliphatic heterocycles. The van der Waals surface area contributed by atoms with Gasteiger partial charge in [-0.05, 0) is 71.3 Å². The fourth-order valence-electron chi connectivity index (χ4n) is 5.03. The van der Waals surface area contributed by atoms with Crippen LogP contribution in [-0.2, 0) is 24.3 Å². The summed E-state index contributed by atoms with van der Waals surface area (Å²) in [5, 5.41) is 9.44.